The molecule has 0 bridgehead atoms. The van der Waals surface area contributed by atoms with Crippen molar-refractivity contribution >= 4 is 5.97 Å². The molecule has 0 amide bonds. The standard InChI is InChI=1S/C11H22N2O2/c1-11(2,10(14)15)9(12-3)8-5-6-13(4)7-8/h8-9,12H,5-7H2,1-4H3,(H,14,15). The van der Waals surface area contributed by atoms with E-state index >= 15 is 0 Å². The summed E-state index contributed by atoms with van der Waals surface area (Å²) in [6, 6.07) is 0.0416. The highest BCUT2D eigenvalue weighted by Gasteiger charge is 2.42. The molecule has 1 fully saturated rings. The van der Waals surface area contributed by atoms with Crippen LogP contribution < -0.4 is 5.32 Å². The molecule has 0 spiro atoms. The van der Waals surface area contributed by atoms with Crippen LogP contribution in [0.1, 0.15) is 20.3 Å². The third-order valence-corrected chi connectivity index (χ3v) is 3.54. The van der Waals surface area contributed by atoms with Crippen molar-refractivity contribution in [3.05, 3.63) is 0 Å². The summed E-state index contributed by atoms with van der Waals surface area (Å²) in [7, 11) is 3.94. The summed E-state index contributed by atoms with van der Waals surface area (Å²) in [5, 5.41) is 12.4. The SMILES string of the molecule is CNC(C1CCN(C)C1)C(C)(C)C(=O)O. The number of carboxylic acids is 1. The van der Waals surface area contributed by atoms with Crippen LogP contribution >= 0.6 is 0 Å². The van der Waals surface area contributed by atoms with E-state index in [0.29, 0.717) is 5.92 Å². The van der Waals surface area contributed by atoms with Gasteiger partial charge in [0.05, 0.1) is 5.41 Å². The average Bonchev–Trinajstić information content (AvgIpc) is 2.52. The van der Waals surface area contributed by atoms with Gasteiger partial charge in [0, 0.05) is 12.6 Å². The highest BCUT2D eigenvalue weighted by atomic mass is 16.4. The first-order valence-corrected chi connectivity index (χ1v) is 5.48. The molecule has 0 saturated carbocycles. The Morgan fingerprint density at radius 1 is 1.60 bits per heavy atom. The maximum Gasteiger partial charge on any atom is 0.310 e. The number of carbonyl (C=O) groups is 1. The number of nitrogens with one attached hydrogen (secondary N) is 1. The van der Waals surface area contributed by atoms with Gasteiger partial charge in [0.15, 0.2) is 0 Å². The van der Waals surface area contributed by atoms with Crippen molar-refractivity contribution < 1.29 is 9.90 Å². The first-order valence-electron chi connectivity index (χ1n) is 5.48. The van der Waals surface area contributed by atoms with Crippen LogP contribution in [-0.2, 0) is 4.79 Å². The summed E-state index contributed by atoms with van der Waals surface area (Å²) < 4.78 is 0. The monoisotopic (exact) mass is 214 g/mol. The van der Waals surface area contributed by atoms with Gasteiger partial charge in [-0.25, -0.2) is 0 Å². The van der Waals surface area contributed by atoms with Crippen LogP contribution in [0.2, 0.25) is 0 Å². The number of rotatable bonds is 4. The molecule has 2 N–H and O–H groups in total. The Hall–Kier alpha value is -0.610. The smallest absolute Gasteiger partial charge is 0.310 e. The van der Waals surface area contributed by atoms with Crippen LogP contribution in [0.4, 0.5) is 0 Å². The minimum atomic E-state index is -0.726. The molecule has 0 aromatic carbocycles. The fourth-order valence-corrected chi connectivity index (χ4v) is 2.56. The minimum Gasteiger partial charge on any atom is -0.481 e. The molecule has 0 aromatic heterocycles. The average molecular weight is 214 g/mol. The molecule has 1 saturated heterocycles. The Balaban J connectivity index is 2.75. The molecule has 88 valence electrons. The summed E-state index contributed by atoms with van der Waals surface area (Å²) in [5.41, 5.74) is -0.704. The second-order valence-corrected chi connectivity index (χ2v) is 5.10. The maximum absolute atomic E-state index is 11.2. The molecule has 0 radical (unpaired) electrons. The molecule has 2 unspecified atom stereocenters. The van der Waals surface area contributed by atoms with Gasteiger partial charge in [-0.3, -0.25) is 4.79 Å². The lowest BCUT2D eigenvalue weighted by atomic mass is 9.77. The highest BCUT2D eigenvalue weighted by molar-refractivity contribution is 5.74. The zero-order valence-corrected chi connectivity index (χ0v) is 10.1. The van der Waals surface area contributed by atoms with Gasteiger partial charge in [0.25, 0.3) is 0 Å². The summed E-state index contributed by atoms with van der Waals surface area (Å²) in [6.07, 6.45) is 1.08. The van der Waals surface area contributed by atoms with Crippen LogP contribution in [0.3, 0.4) is 0 Å². The second-order valence-electron chi connectivity index (χ2n) is 5.10. The van der Waals surface area contributed by atoms with E-state index in [4.69, 9.17) is 0 Å². The largest absolute Gasteiger partial charge is 0.481 e. The molecule has 2 atom stereocenters. The first-order chi connectivity index (χ1) is 6.89. The Morgan fingerprint density at radius 3 is 2.53 bits per heavy atom. The first kappa shape index (κ1) is 12.5. The summed E-state index contributed by atoms with van der Waals surface area (Å²) in [5.74, 6) is -0.289. The van der Waals surface area contributed by atoms with Crippen molar-refractivity contribution in [1.29, 1.82) is 0 Å². The van der Waals surface area contributed by atoms with Crippen LogP contribution in [0, 0.1) is 11.3 Å². The Labute approximate surface area is 91.6 Å². The van der Waals surface area contributed by atoms with Gasteiger partial charge in [-0.1, -0.05) is 0 Å². The molecule has 1 heterocycles. The van der Waals surface area contributed by atoms with E-state index in [1.807, 2.05) is 7.05 Å². The fraction of sp³-hybridized carbons (Fsp3) is 0.909. The molecular formula is C11H22N2O2. The van der Waals surface area contributed by atoms with Crippen molar-refractivity contribution in [3.63, 3.8) is 0 Å². The Kier molecular flexibility index (Phi) is 3.73. The predicted molar refractivity (Wildman–Crippen MR) is 59.9 cm³/mol. The second kappa shape index (κ2) is 4.49. The lowest BCUT2D eigenvalue weighted by molar-refractivity contribution is -0.149. The number of hydrogen-bond donors (Lipinski definition) is 2. The van der Waals surface area contributed by atoms with Crippen LogP contribution in [-0.4, -0.2) is 49.2 Å². The fourth-order valence-electron chi connectivity index (χ4n) is 2.56. The van der Waals surface area contributed by atoms with Gasteiger partial charge in [0.1, 0.15) is 0 Å². The van der Waals surface area contributed by atoms with Crippen LogP contribution in [0.5, 0.6) is 0 Å². The Morgan fingerprint density at radius 2 is 2.20 bits per heavy atom. The molecule has 1 aliphatic rings. The number of likely N-dealkylation sites (tertiary alicyclic amines) is 1. The molecule has 4 nitrogen and oxygen atoms in total. The number of aliphatic carboxylic acids is 1. The maximum atomic E-state index is 11.2. The van der Waals surface area contributed by atoms with E-state index in [2.05, 4.69) is 17.3 Å². The lowest BCUT2D eigenvalue weighted by Gasteiger charge is -2.34. The number of carboxylic acid groups (broad SMARTS) is 1. The van der Waals surface area contributed by atoms with Crippen molar-refractivity contribution in [1.82, 2.24) is 10.2 Å². The van der Waals surface area contributed by atoms with E-state index in [9.17, 15) is 9.90 Å². The number of hydrogen-bond acceptors (Lipinski definition) is 3. The van der Waals surface area contributed by atoms with Crippen LogP contribution in [0.25, 0.3) is 0 Å². The van der Waals surface area contributed by atoms with E-state index in [-0.39, 0.29) is 6.04 Å². The van der Waals surface area contributed by atoms with Gasteiger partial charge in [-0.15, -0.1) is 0 Å². The number of nitrogens with zero attached hydrogens (tertiary/aromatic N) is 1. The third kappa shape index (κ3) is 2.49. The minimum absolute atomic E-state index is 0.0416. The normalized spacial score (nSPS) is 25.5. The van der Waals surface area contributed by atoms with Crippen molar-refractivity contribution in [2.45, 2.75) is 26.3 Å². The summed E-state index contributed by atoms with van der Waals surface area (Å²) in [4.78, 5) is 13.5. The molecular weight excluding hydrogens is 192 g/mol. The van der Waals surface area contributed by atoms with Crippen LogP contribution in [0.15, 0.2) is 0 Å². The Bertz CT molecular complexity index is 241. The van der Waals surface area contributed by atoms with Crippen molar-refractivity contribution in [2.24, 2.45) is 11.3 Å². The van der Waals surface area contributed by atoms with E-state index < -0.39 is 11.4 Å². The van der Waals surface area contributed by atoms with Gasteiger partial charge in [-0.2, -0.15) is 0 Å². The van der Waals surface area contributed by atoms with E-state index in [1.54, 1.807) is 13.8 Å². The van der Waals surface area contributed by atoms with Gasteiger partial charge in [0.2, 0.25) is 0 Å². The zero-order valence-electron chi connectivity index (χ0n) is 10.1. The lowest BCUT2D eigenvalue weighted by Crippen LogP contribution is -2.50. The molecule has 1 rings (SSSR count). The van der Waals surface area contributed by atoms with E-state index in [1.165, 1.54) is 0 Å². The van der Waals surface area contributed by atoms with Gasteiger partial charge < -0.3 is 15.3 Å². The van der Waals surface area contributed by atoms with Gasteiger partial charge >= 0.3 is 5.97 Å². The molecule has 15 heavy (non-hydrogen) atoms. The topological polar surface area (TPSA) is 52.6 Å². The van der Waals surface area contributed by atoms with Crippen molar-refractivity contribution in [2.75, 3.05) is 27.2 Å². The van der Waals surface area contributed by atoms with E-state index in [0.717, 1.165) is 19.5 Å². The summed E-state index contributed by atoms with van der Waals surface area (Å²) >= 11 is 0. The molecule has 0 aromatic rings. The molecule has 1 aliphatic heterocycles. The quantitative estimate of drug-likeness (QED) is 0.721. The van der Waals surface area contributed by atoms with Gasteiger partial charge in [-0.05, 0) is 46.8 Å². The highest BCUT2D eigenvalue weighted by Crippen LogP contribution is 2.31. The molecule has 4 heteroatoms. The summed E-state index contributed by atoms with van der Waals surface area (Å²) in [6.45, 7) is 5.66. The predicted octanol–water partition coefficient (Wildman–Crippen LogP) is 0.637. The third-order valence-electron chi connectivity index (χ3n) is 3.54. The zero-order chi connectivity index (χ0) is 11.6. The van der Waals surface area contributed by atoms with Crippen molar-refractivity contribution in [3.8, 4) is 0 Å². The molecule has 0 aliphatic carbocycles.